The van der Waals surface area contributed by atoms with Crippen LogP contribution >= 0.6 is 11.8 Å². The number of nitro groups is 1. The first-order valence-corrected chi connectivity index (χ1v) is 8.34. The van der Waals surface area contributed by atoms with E-state index in [2.05, 4.69) is 5.32 Å². The molecule has 3 N–H and O–H groups in total. The highest BCUT2D eigenvalue weighted by atomic mass is 32.2. The van der Waals surface area contributed by atoms with Crippen LogP contribution in [0, 0.1) is 24.0 Å². The molecule has 0 spiro atoms. The molecular formula is C17H17N3O4S. The van der Waals surface area contributed by atoms with Crippen LogP contribution in [-0.2, 0) is 4.79 Å². The number of hydrogen-bond acceptors (Lipinski definition) is 5. The topological polar surface area (TPSA) is 115 Å². The third-order valence-corrected chi connectivity index (χ3v) is 4.37. The molecule has 0 saturated carbocycles. The van der Waals surface area contributed by atoms with Crippen LogP contribution < -0.4 is 11.1 Å². The predicted octanol–water partition coefficient (Wildman–Crippen LogP) is 3.04. The Morgan fingerprint density at radius 1 is 1.16 bits per heavy atom. The molecule has 0 saturated heterocycles. The van der Waals surface area contributed by atoms with Gasteiger partial charge in [-0.1, -0.05) is 6.07 Å². The summed E-state index contributed by atoms with van der Waals surface area (Å²) in [5.74, 6) is -1.01. The summed E-state index contributed by atoms with van der Waals surface area (Å²) in [6.45, 7) is 3.86. The van der Waals surface area contributed by atoms with Gasteiger partial charge in [0.05, 0.1) is 15.6 Å². The molecule has 2 aromatic carbocycles. The highest BCUT2D eigenvalue weighted by Gasteiger charge is 2.18. The average molecular weight is 359 g/mol. The zero-order valence-corrected chi connectivity index (χ0v) is 14.6. The molecule has 25 heavy (non-hydrogen) atoms. The number of hydrogen-bond donors (Lipinski definition) is 2. The van der Waals surface area contributed by atoms with Crippen LogP contribution in [0.25, 0.3) is 0 Å². The molecule has 0 fully saturated rings. The van der Waals surface area contributed by atoms with Gasteiger partial charge >= 0.3 is 0 Å². The van der Waals surface area contributed by atoms with Crippen molar-refractivity contribution in [3.8, 4) is 0 Å². The average Bonchev–Trinajstić information content (AvgIpc) is 2.51. The van der Waals surface area contributed by atoms with E-state index < -0.39 is 10.8 Å². The number of nitrogens with one attached hydrogen (secondary N) is 1. The molecule has 130 valence electrons. The Morgan fingerprint density at radius 3 is 2.36 bits per heavy atom. The SMILES string of the molecule is Cc1cc(C)cc(NC(=O)CSc2ccc(C(N)=O)cc2[N+](=O)[O-])c1. The zero-order valence-electron chi connectivity index (χ0n) is 13.7. The van der Waals surface area contributed by atoms with E-state index >= 15 is 0 Å². The molecule has 0 heterocycles. The minimum absolute atomic E-state index is 0.00372. The fourth-order valence-corrected chi connectivity index (χ4v) is 3.13. The molecule has 7 nitrogen and oxygen atoms in total. The van der Waals surface area contributed by atoms with Gasteiger partial charge in [-0.2, -0.15) is 0 Å². The fraction of sp³-hybridized carbons (Fsp3) is 0.176. The van der Waals surface area contributed by atoms with Gasteiger partial charge in [-0.25, -0.2) is 0 Å². The Morgan fingerprint density at radius 2 is 1.80 bits per heavy atom. The van der Waals surface area contributed by atoms with Crippen LogP contribution in [0.1, 0.15) is 21.5 Å². The first-order valence-electron chi connectivity index (χ1n) is 7.35. The second-order valence-corrected chi connectivity index (χ2v) is 6.53. The second kappa shape index (κ2) is 7.80. The third kappa shape index (κ3) is 5.05. The zero-order chi connectivity index (χ0) is 18.6. The fourth-order valence-electron chi connectivity index (χ4n) is 2.32. The van der Waals surface area contributed by atoms with Crippen LogP contribution in [-0.4, -0.2) is 22.5 Å². The number of carbonyl (C=O) groups is 2. The minimum Gasteiger partial charge on any atom is -0.366 e. The molecule has 0 unspecified atom stereocenters. The Kier molecular flexibility index (Phi) is 5.76. The van der Waals surface area contributed by atoms with Gasteiger partial charge in [0.1, 0.15) is 0 Å². The van der Waals surface area contributed by atoms with Crippen molar-refractivity contribution in [3.05, 3.63) is 63.2 Å². The van der Waals surface area contributed by atoms with Gasteiger partial charge in [0.15, 0.2) is 0 Å². The molecule has 2 rings (SSSR count). The van der Waals surface area contributed by atoms with E-state index in [1.807, 2.05) is 32.0 Å². The van der Waals surface area contributed by atoms with Crippen molar-refractivity contribution in [1.82, 2.24) is 0 Å². The van der Waals surface area contributed by atoms with E-state index in [1.165, 1.54) is 12.1 Å². The molecule has 0 radical (unpaired) electrons. The number of amides is 2. The van der Waals surface area contributed by atoms with Crippen molar-refractivity contribution in [2.24, 2.45) is 5.73 Å². The van der Waals surface area contributed by atoms with E-state index in [0.717, 1.165) is 29.0 Å². The largest absolute Gasteiger partial charge is 0.366 e. The van der Waals surface area contributed by atoms with E-state index in [9.17, 15) is 19.7 Å². The van der Waals surface area contributed by atoms with E-state index in [0.29, 0.717) is 10.6 Å². The number of nitrogens with zero attached hydrogens (tertiary/aromatic N) is 1. The summed E-state index contributed by atoms with van der Waals surface area (Å²) >= 11 is 1.03. The summed E-state index contributed by atoms with van der Waals surface area (Å²) in [5, 5.41) is 13.9. The summed E-state index contributed by atoms with van der Waals surface area (Å²) in [7, 11) is 0. The second-order valence-electron chi connectivity index (χ2n) is 5.52. The van der Waals surface area contributed by atoms with Gasteiger partial charge in [0.2, 0.25) is 11.8 Å². The van der Waals surface area contributed by atoms with E-state index in [1.54, 1.807) is 0 Å². The van der Waals surface area contributed by atoms with Crippen LogP contribution in [0.2, 0.25) is 0 Å². The lowest BCUT2D eigenvalue weighted by Crippen LogP contribution is -2.14. The van der Waals surface area contributed by atoms with Crippen molar-refractivity contribution in [3.63, 3.8) is 0 Å². The number of nitro benzene ring substituents is 1. The number of nitrogens with two attached hydrogens (primary N) is 1. The minimum atomic E-state index is -0.743. The Labute approximate surface area is 148 Å². The summed E-state index contributed by atoms with van der Waals surface area (Å²) in [6, 6.07) is 9.63. The summed E-state index contributed by atoms with van der Waals surface area (Å²) in [4.78, 5) is 34.1. The van der Waals surface area contributed by atoms with Gasteiger partial charge in [0, 0.05) is 17.3 Å². The molecule has 8 heteroatoms. The number of thioether (sulfide) groups is 1. The van der Waals surface area contributed by atoms with E-state index in [-0.39, 0.29) is 22.9 Å². The first kappa shape index (κ1) is 18.5. The molecule has 0 atom stereocenters. The smallest absolute Gasteiger partial charge is 0.283 e. The van der Waals surface area contributed by atoms with Crippen molar-refractivity contribution >= 4 is 35.0 Å². The van der Waals surface area contributed by atoms with Crippen molar-refractivity contribution in [2.45, 2.75) is 18.7 Å². The highest BCUT2D eigenvalue weighted by Crippen LogP contribution is 2.30. The lowest BCUT2D eigenvalue weighted by atomic mass is 10.1. The molecule has 0 bridgehead atoms. The molecule has 0 aliphatic carbocycles. The molecule has 2 aromatic rings. The molecule has 0 aliphatic rings. The summed E-state index contributed by atoms with van der Waals surface area (Å²) in [5.41, 5.74) is 7.67. The Bertz CT molecular complexity index is 832. The van der Waals surface area contributed by atoms with Gasteiger partial charge in [-0.3, -0.25) is 19.7 Å². The Hall–Kier alpha value is -2.87. The number of benzene rings is 2. The highest BCUT2D eigenvalue weighted by molar-refractivity contribution is 8.00. The maximum absolute atomic E-state index is 12.1. The number of carbonyl (C=O) groups excluding carboxylic acids is 2. The summed E-state index contributed by atoms with van der Waals surface area (Å²) in [6.07, 6.45) is 0. The van der Waals surface area contributed by atoms with Crippen molar-refractivity contribution in [2.75, 3.05) is 11.1 Å². The maximum atomic E-state index is 12.1. The quantitative estimate of drug-likeness (QED) is 0.467. The number of anilines is 1. The number of primary amides is 1. The molecule has 2 amide bonds. The molecule has 0 aromatic heterocycles. The van der Waals surface area contributed by atoms with Crippen LogP contribution in [0.15, 0.2) is 41.3 Å². The third-order valence-electron chi connectivity index (χ3n) is 3.30. The molecule has 0 aliphatic heterocycles. The van der Waals surface area contributed by atoms with Gasteiger partial charge in [0.25, 0.3) is 5.69 Å². The first-order chi connectivity index (χ1) is 11.8. The summed E-state index contributed by atoms with van der Waals surface area (Å²) < 4.78 is 0. The lowest BCUT2D eigenvalue weighted by molar-refractivity contribution is -0.387. The van der Waals surface area contributed by atoms with Gasteiger partial charge < -0.3 is 11.1 Å². The van der Waals surface area contributed by atoms with Gasteiger partial charge in [-0.15, -0.1) is 11.8 Å². The number of aryl methyl sites for hydroxylation is 2. The standard InChI is InChI=1S/C17H17N3O4S/c1-10-5-11(2)7-13(6-10)19-16(21)9-25-15-4-3-12(17(18)22)8-14(15)20(23)24/h3-8H,9H2,1-2H3,(H2,18,22)(H,19,21). The Balaban J connectivity index is 2.08. The monoisotopic (exact) mass is 359 g/mol. The van der Waals surface area contributed by atoms with Crippen molar-refractivity contribution in [1.29, 1.82) is 0 Å². The normalized spacial score (nSPS) is 10.3. The number of rotatable bonds is 6. The predicted molar refractivity (Wildman–Crippen MR) is 96.9 cm³/mol. The molecular weight excluding hydrogens is 342 g/mol. The van der Waals surface area contributed by atoms with Crippen LogP contribution in [0.5, 0.6) is 0 Å². The van der Waals surface area contributed by atoms with Crippen LogP contribution in [0.4, 0.5) is 11.4 Å². The van der Waals surface area contributed by atoms with Crippen molar-refractivity contribution < 1.29 is 14.5 Å². The van der Waals surface area contributed by atoms with Gasteiger partial charge in [-0.05, 0) is 49.2 Å². The van der Waals surface area contributed by atoms with Crippen LogP contribution in [0.3, 0.4) is 0 Å². The lowest BCUT2D eigenvalue weighted by Gasteiger charge is -2.08. The maximum Gasteiger partial charge on any atom is 0.283 e. The van der Waals surface area contributed by atoms with E-state index in [4.69, 9.17) is 5.73 Å².